The van der Waals surface area contributed by atoms with Gasteiger partial charge in [0.15, 0.2) is 5.60 Å². The number of allylic oxidation sites excluding steroid dienone is 1. The normalized spacial score (nSPS) is 38.4. The van der Waals surface area contributed by atoms with E-state index >= 15 is 0 Å². The topological polar surface area (TPSA) is 370 Å². The molecular formula is C98H120O28. The lowest BCUT2D eigenvalue weighted by atomic mass is 9.61. The zero-order valence-corrected chi connectivity index (χ0v) is 75.0. The third-order valence-corrected chi connectivity index (χ3v) is 29.3. The molecule has 0 radical (unpaired) electrons. The molecule has 1 spiro atoms. The van der Waals surface area contributed by atoms with Crippen molar-refractivity contribution in [3.63, 3.8) is 0 Å². The molecule has 10 aliphatic carbocycles. The molecule has 28 heteroatoms. The first-order valence-electron chi connectivity index (χ1n) is 44.7. The monoisotopic (exact) mass is 1740 g/mol. The van der Waals surface area contributed by atoms with E-state index in [0.29, 0.717) is 74.3 Å². The van der Waals surface area contributed by atoms with Gasteiger partial charge in [-0.1, -0.05) is 107 Å². The van der Waals surface area contributed by atoms with Crippen LogP contribution in [0.1, 0.15) is 227 Å². The molecule has 9 fully saturated rings. The van der Waals surface area contributed by atoms with Gasteiger partial charge in [0, 0.05) is 98.7 Å². The van der Waals surface area contributed by atoms with Crippen LogP contribution >= 0.6 is 0 Å². The standard InChI is InChI=1S/3C19H22O6.C19H24O5.C18H20O5.C4H10/c1-9-6-14(24-17(9)21)23-8-12-10-7-11-13(20)4-5-19(2,3)15(11)16(10)25-18(12)22;1-10-7-14(24-16(10)20)23-9-13-12-8-11-5-4-6-18(2,3)19(11,22)15(12)25-17(13)21;1-10-7-14(24-16(10)21)23-9-13-12-8-11-5-4-6-18(2,3)19(11,15(12)20)25-17(13)22;1-10-7-14(23-17(10)20)22-9-13-12-8-11-5-4-6-19(2,3)15(11)16(12)24-18(13)21;1-9-4-3-5-11-7-12-13(18(20)23-16(12)15(9)11)8-21-14-6-10(2)17(19)22-14;1-4(2)3/h6,8,10,13-14,16,20H,4-5,7H2,1-3H3;7-9,12,14-15,22H,4-6H2,1-3H3;7-9,12,14-15,20H,4-6H2,1-3H3;7,9,11-12,14-16H,4-6,8H2,1-3H3;6,8-9,12,14,16H,3-5,7H2,1-2H3;4H,1-3H3/b12-8+;3*13-9+;13-8+;/t;;12-,14?,15-,19-;;;/m..1.../s1. The third-order valence-electron chi connectivity index (χ3n) is 29.3. The zero-order valence-electron chi connectivity index (χ0n) is 75.0. The molecule has 3 N–H and O–H groups in total. The Bertz CT molecular complexity index is 5000. The van der Waals surface area contributed by atoms with E-state index in [9.17, 15) is 63.3 Å². The molecule has 0 aromatic carbocycles. The van der Waals surface area contributed by atoms with Crippen LogP contribution in [-0.2, 0) is 119 Å². The molecular weight excluding hydrogens is 1630 g/mol. The van der Waals surface area contributed by atoms with Crippen molar-refractivity contribution in [1.82, 2.24) is 0 Å². The molecule has 126 heavy (non-hydrogen) atoms. The van der Waals surface area contributed by atoms with Gasteiger partial charge in [0.25, 0.3) is 31.5 Å². The first kappa shape index (κ1) is 90.7. The maximum Gasteiger partial charge on any atom is 0.338 e. The molecule has 0 aromatic rings. The summed E-state index contributed by atoms with van der Waals surface area (Å²) in [5.74, 6) is -2.45. The second-order valence-electron chi connectivity index (χ2n) is 40.3. The van der Waals surface area contributed by atoms with Crippen molar-refractivity contribution in [2.45, 2.75) is 306 Å². The van der Waals surface area contributed by atoms with Gasteiger partial charge in [0.05, 0.1) is 71.2 Å². The predicted octanol–water partition coefficient (Wildman–Crippen LogP) is 14.0. The van der Waals surface area contributed by atoms with Crippen LogP contribution in [-0.4, -0.2) is 154 Å². The summed E-state index contributed by atoms with van der Waals surface area (Å²) in [5.41, 5.74) is 8.82. The number of carbonyl (C=O) groups excluding carboxylic acids is 10. The number of carbonyl (C=O) groups is 10. The summed E-state index contributed by atoms with van der Waals surface area (Å²) in [5, 5.41) is 32.7. The van der Waals surface area contributed by atoms with Crippen molar-refractivity contribution in [3.8, 4) is 0 Å². The Balaban J connectivity index is 0.000000120. The van der Waals surface area contributed by atoms with Gasteiger partial charge in [-0.25, -0.2) is 47.9 Å². The highest BCUT2D eigenvalue weighted by Crippen LogP contribution is 2.63. The van der Waals surface area contributed by atoms with Gasteiger partial charge >= 0.3 is 59.7 Å². The Hall–Kier alpha value is -10.1. The second kappa shape index (κ2) is 34.5. The number of fused-ring (bicyclic) bond motifs is 11. The van der Waals surface area contributed by atoms with E-state index in [2.05, 4.69) is 55.4 Å². The second-order valence-corrected chi connectivity index (χ2v) is 40.3. The van der Waals surface area contributed by atoms with E-state index < -0.39 is 103 Å². The van der Waals surface area contributed by atoms with Gasteiger partial charge in [0.2, 0.25) is 0 Å². The average Bonchev–Trinajstić information content (AvgIpc) is 1.54. The Morgan fingerprint density at radius 1 is 0.437 bits per heavy atom. The number of aliphatic hydroxyl groups excluding tert-OH is 2. The first-order chi connectivity index (χ1) is 59.4. The lowest BCUT2D eigenvalue weighted by molar-refractivity contribution is -0.198. The average molecular weight is 1750 g/mol. The van der Waals surface area contributed by atoms with Crippen molar-refractivity contribution < 1.29 is 134 Å². The van der Waals surface area contributed by atoms with Gasteiger partial charge in [-0.2, -0.15) is 0 Å². The number of hydrogen-bond acceptors (Lipinski definition) is 28. The minimum absolute atomic E-state index is 0.0314. The van der Waals surface area contributed by atoms with E-state index in [-0.39, 0.29) is 93.1 Å². The van der Waals surface area contributed by atoms with Gasteiger partial charge in [-0.3, -0.25) is 0 Å². The quantitative estimate of drug-likeness (QED) is 0.0601. The Morgan fingerprint density at radius 3 is 1.37 bits per heavy atom. The van der Waals surface area contributed by atoms with Gasteiger partial charge in [-0.05, 0) is 194 Å². The molecule has 20 aliphatic rings. The molecule has 10 heterocycles. The van der Waals surface area contributed by atoms with Crippen LogP contribution in [0.5, 0.6) is 0 Å². The van der Waals surface area contributed by atoms with Crippen LogP contribution in [0.4, 0.5) is 0 Å². The van der Waals surface area contributed by atoms with Crippen LogP contribution in [0.3, 0.4) is 0 Å². The Labute approximate surface area is 734 Å². The predicted molar refractivity (Wildman–Crippen MR) is 447 cm³/mol. The van der Waals surface area contributed by atoms with Crippen molar-refractivity contribution in [1.29, 1.82) is 0 Å². The van der Waals surface area contributed by atoms with Crippen LogP contribution in [0.15, 0.2) is 163 Å². The van der Waals surface area contributed by atoms with E-state index in [0.717, 1.165) is 105 Å². The fraction of sp³-hybridized carbons (Fsp3) is 0.612. The summed E-state index contributed by atoms with van der Waals surface area (Å²) in [6, 6.07) is 0. The highest BCUT2D eigenvalue weighted by Gasteiger charge is 2.68. The molecule has 20 rings (SSSR count). The smallest absolute Gasteiger partial charge is 0.338 e. The van der Waals surface area contributed by atoms with Crippen LogP contribution < -0.4 is 0 Å². The number of cyclic esters (lactones) is 5. The molecule has 5 saturated heterocycles. The highest BCUT2D eigenvalue weighted by atomic mass is 16.7. The zero-order chi connectivity index (χ0) is 90.7. The summed E-state index contributed by atoms with van der Waals surface area (Å²) in [6.07, 6.45) is 28.9. The van der Waals surface area contributed by atoms with Crippen LogP contribution in [0.25, 0.3) is 0 Å². The molecule has 680 valence electrons. The van der Waals surface area contributed by atoms with E-state index in [4.69, 9.17) is 71.1 Å². The molecule has 28 nitrogen and oxygen atoms in total. The number of esters is 10. The number of rotatable bonds is 10. The minimum atomic E-state index is -1.14. The lowest BCUT2D eigenvalue weighted by Gasteiger charge is -2.52. The molecule has 10 aliphatic heterocycles. The first-order valence-corrected chi connectivity index (χ1v) is 44.7. The molecule has 4 saturated carbocycles. The highest BCUT2D eigenvalue weighted by molar-refractivity contribution is 5.96. The van der Waals surface area contributed by atoms with Crippen molar-refractivity contribution >= 4 is 59.7 Å². The third kappa shape index (κ3) is 16.7. The summed E-state index contributed by atoms with van der Waals surface area (Å²) >= 11 is 0. The maximum absolute atomic E-state index is 12.6. The molecule has 0 amide bonds. The van der Waals surface area contributed by atoms with Crippen molar-refractivity contribution in [2.24, 2.45) is 74.9 Å². The summed E-state index contributed by atoms with van der Waals surface area (Å²) < 4.78 is 80.9. The lowest BCUT2D eigenvalue weighted by Crippen LogP contribution is -2.61. The SMILES string of the molecule is CC(C)C.CC1=CC(O/C=C2/C(=O)OC3C2C=C2CCCC(C)(C)C23O)OC1=O.CC1=CC(O/C=C2/C(=O)OC3C2CC2CCCC(C)(C)C23)OC1=O.CC1=CC(O/C=C2/C(=O)OC3C4=C(CC23)C(O)CCC4(C)C)OC1=O.CC1=CC(O/C=C2/C(=O)OC3C4=C(CCCC4C)CC23)OC1=O.CC1=CC(O/C=C2/C(=O)O[C@]34C(=C[C@H]2[C@H]3O)CCCC4(C)C)OC1=O. The van der Waals surface area contributed by atoms with E-state index in [1.165, 1.54) is 68.1 Å². The Kier molecular flexibility index (Phi) is 24.8. The largest absolute Gasteiger partial charge is 0.458 e. The molecule has 2 bridgehead atoms. The minimum Gasteiger partial charge on any atom is -0.458 e. The number of hydrogen-bond donors (Lipinski definition) is 3. The fourth-order valence-corrected chi connectivity index (χ4v) is 22.7. The van der Waals surface area contributed by atoms with Gasteiger partial charge in [-0.15, -0.1) is 0 Å². The maximum atomic E-state index is 12.6. The van der Waals surface area contributed by atoms with Crippen LogP contribution in [0, 0.1) is 74.9 Å². The Morgan fingerprint density at radius 2 is 0.873 bits per heavy atom. The van der Waals surface area contributed by atoms with E-state index in [1.54, 1.807) is 65.0 Å². The fourth-order valence-electron chi connectivity index (χ4n) is 22.7. The van der Waals surface area contributed by atoms with E-state index in [1.807, 2.05) is 39.8 Å². The number of aliphatic hydroxyl groups is 3. The summed E-state index contributed by atoms with van der Waals surface area (Å²) in [7, 11) is 0. The summed E-state index contributed by atoms with van der Waals surface area (Å²) in [4.78, 5) is 119. The van der Waals surface area contributed by atoms with Crippen molar-refractivity contribution in [2.75, 3.05) is 0 Å². The summed E-state index contributed by atoms with van der Waals surface area (Å²) in [6.45, 7) is 34.0. The molecule has 21 atom stereocenters. The van der Waals surface area contributed by atoms with Gasteiger partial charge in [0.1, 0.15) is 36.1 Å². The van der Waals surface area contributed by atoms with Crippen LogP contribution in [0.2, 0.25) is 0 Å². The molecule has 18 unspecified atom stereocenters. The van der Waals surface area contributed by atoms with Gasteiger partial charge < -0.3 is 86.4 Å². The number of ether oxygens (including phenoxy) is 15. The van der Waals surface area contributed by atoms with Crippen molar-refractivity contribution in [3.05, 3.63) is 163 Å². The molecule has 0 aromatic heterocycles.